The van der Waals surface area contributed by atoms with E-state index in [4.69, 9.17) is 0 Å². The van der Waals surface area contributed by atoms with Gasteiger partial charge in [-0.15, -0.1) is 0 Å². The van der Waals surface area contributed by atoms with Gasteiger partial charge < -0.3 is 10.0 Å². The van der Waals surface area contributed by atoms with Crippen LogP contribution in [0.25, 0.3) is 0 Å². The minimum atomic E-state index is -0.985. The zero-order valence-electron chi connectivity index (χ0n) is 16.0. The van der Waals surface area contributed by atoms with Gasteiger partial charge in [0.25, 0.3) is 5.91 Å². The summed E-state index contributed by atoms with van der Waals surface area (Å²) in [6, 6.07) is 12.2. The van der Waals surface area contributed by atoms with Crippen LogP contribution in [0.1, 0.15) is 12.0 Å². The van der Waals surface area contributed by atoms with Gasteiger partial charge in [0, 0.05) is 51.5 Å². The SMILES string of the molecule is O=C(O)C1CC(C(=O)N2CCN(Cc3cccnc3)CC2)=NN1c1ccccc1. The zero-order valence-corrected chi connectivity index (χ0v) is 16.0. The topological polar surface area (TPSA) is 89.3 Å². The first-order chi connectivity index (χ1) is 14.1. The maximum Gasteiger partial charge on any atom is 0.328 e. The van der Waals surface area contributed by atoms with Gasteiger partial charge in [0.05, 0.1) is 5.69 Å². The third kappa shape index (κ3) is 4.27. The first kappa shape index (κ1) is 19.1. The standard InChI is InChI=1S/C21H23N5O3/c27-20(25-11-9-24(10-12-25)15-16-5-4-8-22-14-16)18-13-19(21(28)29)26(23-18)17-6-2-1-3-7-17/h1-8,14,19H,9-13,15H2,(H,28,29). The van der Waals surface area contributed by atoms with Gasteiger partial charge in [-0.2, -0.15) is 5.10 Å². The minimum Gasteiger partial charge on any atom is -0.480 e. The van der Waals surface area contributed by atoms with Crippen molar-refractivity contribution in [2.24, 2.45) is 5.10 Å². The molecule has 2 aliphatic rings. The highest BCUT2D eigenvalue weighted by molar-refractivity contribution is 6.40. The molecule has 3 heterocycles. The molecule has 0 spiro atoms. The molecule has 0 radical (unpaired) electrons. The lowest BCUT2D eigenvalue weighted by Crippen LogP contribution is -2.50. The molecule has 150 valence electrons. The molecule has 0 saturated carbocycles. The summed E-state index contributed by atoms with van der Waals surface area (Å²) < 4.78 is 0. The van der Waals surface area contributed by atoms with Crippen molar-refractivity contribution in [2.45, 2.75) is 19.0 Å². The largest absolute Gasteiger partial charge is 0.480 e. The van der Waals surface area contributed by atoms with E-state index in [1.54, 1.807) is 23.2 Å². The maximum atomic E-state index is 13.0. The van der Waals surface area contributed by atoms with E-state index in [1.165, 1.54) is 5.01 Å². The highest BCUT2D eigenvalue weighted by Gasteiger charge is 2.38. The van der Waals surface area contributed by atoms with Crippen molar-refractivity contribution in [3.05, 3.63) is 60.4 Å². The second-order valence-corrected chi connectivity index (χ2v) is 7.21. The van der Waals surface area contributed by atoms with Crippen molar-refractivity contribution in [2.75, 3.05) is 31.2 Å². The van der Waals surface area contributed by atoms with Crippen molar-refractivity contribution in [3.8, 4) is 0 Å². The summed E-state index contributed by atoms with van der Waals surface area (Å²) in [4.78, 5) is 32.8. The summed E-state index contributed by atoms with van der Waals surface area (Å²) in [6.07, 6.45) is 3.72. The van der Waals surface area contributed by atoms with Crippen molar-refractivity contribution >= 4 is 23.3 Å². The molecule has 1 atom stereocenters. The monoisotopic (exact) mass is 393 g/mol. The lowest BCUT2D eigenvalue weighted by molar-refractivity contribution is -0.138. The fourth-order valence-corrected chi connectivity index (χ4v) is 3.69. The molecule has 1 amide bonds. The Labute approximate surface area is 169 Å². The Hall–Kier alpha value is -3.26. The number of hydrazone groups is 1. The van der Waals surface area contributed by atoms with Crippen LogP contribution in [0, 0.1) is 0 Å². The summed E-state index contributed by atoms with van der Waals surface area (Å²) in [5.41, 5.74) is 2.13. The summed E-state index contributed by atoms with van der Waals surface area (Å²) >= 11 is 0. The fraction of sp³-hybridized carbons (Fsp3) is 0.333. The van der Waals surface area contributed by atoms with Crippen LogP contribution >= 0.6 is 0 Å². The number of nitrogens with zero attached hydrogens (tertiary/aromatic N) is 5. The molecule has 4 rings (SSSR count). The van der Waals surface area contributed by atoms with Crippen LogP contribution in [0.3, 0.4) is 0 Å². The second-order valence-electron chi connectivity index (χ2n) is 7.21. The molecular weight excluding hydrogens is 370 g/mol. The molecule has 0 aliphatic carbocycles. The number of carbonyl (C=O) groups excluding carboxylic acids is 1. The van der Waals surface area contributed by atoms with E-state index >= 15 is 0 Å². The van der Waals surface area contributed by atoms with Gasteiger partial charge in [0.15, 0.2) is 6.04 Å². The Bertz CT molecular complexity index is 895. The second kappa shape index (κ2) is 8.40. The molecular formula is C21H23N5O3. The zero-order chi connectivity index (χ0) is 20.2. The van der Waals surface area contributed by atoms with Gasteiger partial charge >= 0.3 is 5.97 Å². The first-order valence-electron chi connectivity index (χ1n) is 9.67. The molecule has 8 heteroatoms. The van der Waals surface area contributed by atoms with Crippen LogP contribution in [0.15, 0.2) is 60.0 Å². The van der Waals surface area contributed by atoms with Crippen LogP contribution in [-0.4, -0.2) is 69.7 Å². The molecule has 8 nitrogen and oxygen atoms in total. The van der Waals surface area contributed by atoms with E-state index < -0.39 is 12.0 Å². The van der Waals surface area contributed by atoms with E-state index in [0.29, 0.717) is 24.5 Å². The van der Waals surface area contributed by atoms with E-state index in [1.807, 2.05) is 36.5 Å². The third-order valence-corrected chi connectivity index (χ3v) is 5.25. The molecule has 1 N–H and O–H groups in total. The van der Waals surface area contributed by atoms with Crippen molar-refractivity contribution in [3.63, 3.8) is 0 Å². The predicted molar refractivity (Wildman–Crippen MR) is 108 cm³/mol. The van der Waals surface area contributed by atoms with Gasteiger partial charge in [-0.3, -0.25) is 19.7 Å². The molecule has 1 unspecified atom stereocenters. The van der Waals surface area contributed by atoms with Gasteiger partial charge in [-0.1, -0.05) is 24.3 Å². The van der Waals surface area contributed by atoms with Gasteiger partial charge in [0.1, 0.15) is 5.71 Å². The number of para-hydroxylation sites is 1. The Kier molecular flexibility index (Phi) is 5.53. The van der Waals surface area contributed by atoms with E-state index in [2.05, 4.69) is 15.0 Å². The number of carboxylic acid groups (broad SMARTS) is 1. The number of rotatable bonds is 5. The predicted octanol–water partition coefficient (Wildman–Crippen LogP) is 1.45. The van der Waals surface area contributed by atoms with Crippen LogP contribution < -0.4 is 5.01 Å². The third-order valence-electron chi connectivity index (χ3n) is 5.25. The number of benzene rings is 1. The Morgan fingerprint density at radius 2 is 1.79 bits per heavy atom. The van der Waals surface area contributed by atoms with Crippen molar-refractivity contribution in [1.82, 2.24) is 14.8 Å². The lowest BCUT2D eigenvalue weighted by atomic mass is 10.1. The van der Waals surface area contributed by atoms with Crippen LogP contribution in [0.5, 0.6) is 0 Å². The number of carboxylic acids is 1. The van der Waals surface area contributed by atoms with Gasteiger partial charge in [0.2, 0.25) is 0 Å². The van der Waals surface area contributed by atoms with Gasteiger partial charge in [-0.05, 0) is 23.8 Å². The number of piperazine rings is 1. The molecule has 1 aromatic heterocycles. The van der Waals surface area contributed by atoms with Gasteiger partial charge in [-0.25, -0.2) is 4.79 Å². The van der Waals surface area contributed by atoms with E-state index in [0.717, 1.165) is 25.2 Å². The van der Waals surface area contributed by atoms with E-state index in [-0.39, 0.29) is 12.3 Å². The number of anilines is 1. The first-order valence-corrected chi connectivity index (χ1v) is 9.67. The number of hydrogen-bond donors (Lipinski definition) is 1. The highest BCUT2D eigenvalue weighted by Crippen LogP contribution is 2.25. The number of carbonyl (C=O) groups is 2. The molecule has 29 heavy (non-hydrogen) atoms. The molecule has 2 aromatic rings. The normalized spacial score (nSPS) is 19.9. The molecule has 1 saturated heterocycles. The lowest BCUT2D eigenvalue weighted by Gasteiger charge is -2.34. The number of aliphatic carboxylic acids is 1. The summed E-state index contributed by atoms with van der Waals surface area (Å²) in [6.45, 7) is 3.53. The number of amides is 1. The van der Waals surface area contributed by atoms with Crippen LogP contribution in [-0.2, 0) is 16.1 Å². The number of hydrogen-bond acceptors (Lipinski definition) is 6. The van der Waals surface area contributed by atoms with Crippen LogP contribution in [0.2, 0.25) is 0 Å². The Balaban J connectivity index is 1.40. The number of pyridine rings is 1. The molecule has 2 aliphatic heterocycles. The fourth-order valence-electron chi connectivity index (χ4n) is 3.69. The van der Waals surface area contributed by atoms with Crippen molar-refractivity contribution < 1.29 is 14.7 Å². The molecule has 1 fully saturated rings. The average molecular weight is 393 g/mol. The highest BCUT2D eigenvalue weighted by atomic mass is 16.4. The van der Waals surface area contributed by atoms with Crippen molar-refractivity contribution in [1.29, 1.82) is 0 Å². The maximum absolute atomic E-state index is 13.0. The van der Waals surface area contributed by atoms with E-state index in [9.17, 15) is 14.7 Å². The summed E-state index contributed by atoms with van der Waals surface area (Å²) in [5, 5.41) is 15.4. The van der Waals surface area contributed by atoms with Crippen LogP contribution in [0.4, 0.5) is 5.69 Å². The minimum absolute atomic E-state index is 0.110. The summed E-state index contributed by atoms with van der Waals surface area (Å²) in [7, 11) is 0. The quantitative estimate of drug-likeness (QED) is 0.827. The summed E-state index contributed by atoms with van der Waals surface area (Å²) in [5.74, 6) is -1.16. The molecule has 0 bridgehead atoms. The number of aromatic nitrogens is 1. The smallest absolute Gasteiger partial charge is 0.328 e. The average Bonchev–Trinajstić information content (AvgIpc) is 3.21. The Morgan fingerprint density at radius 1 is 1.03 bits per heavy atom. The Morgan fingerprint density at radius 3 is 2.45 bits per heavy atom. The molecule has 1 aromatic carbocycles.